The Hall–Kier alpha value is -0.480. The van der Waals surface area contributed by atoms with Gasteiger partial charge in [0.1, 0.15) is 0 Å². The SMILES string of the molecule is CC#CCN1C2CCC1CC2. The van der Waals surface area contributed by atoms with Crippen LogP contribution in [-0.4, -0.2) is 23.5 Å². The monoisotopic (exact) mass is 149 g/mol. The number of hydrogen-bond acceptors (Lipinski definition) is 1. The van der Waals surface area contributed by atoms with Crippen molar-refractivity contribution < 1.29 is 0 Å². The fourth-order valence-electron chi connectivity index (χ4n) is 2.45. The molecule has 2 fully saturated rings. The van der Waals surface area contributed by atoms with E-state index in [1.54, 1.807) is 0 Å². The normalized spacial score (nSPS) is 35.4. The molecule has 0 radical (unpaired) electrons. The summed E-state index contributed by atoms with van der Waals surface area (Å²) in [5.74, 6) is 6.14. The van der Waals surface area contributed by atoms with Crippen molar-refractivity contribution in [1.29, 1.82) is 0 Å². The maximum absolute atomic E-state index is 3.17. The summed E-state index contributed by atoms with van der Waals surface area (Å²) in [7, 11) is 0. The Kier molecular flexibility index (Phi) is 1.87. The van der Waals surface area contributed by atoms with Crippen LogP contribution in [0.3, 0.4) is 0 Å². The highest BCUT2D eigenvalue weighted by Crippen LogP contribution is 2.36. The summed E-state index contributed by atoms with van der Waals surface area (Å²) in [6.07, 6.45) is 5.71. The van der Waals surface area contributed by atoms with E-state index in [9.17, 15) is 0 Å². The molecule has 0 amide bonds. The molecule has 2 heterocycles. The van der Waals surface area contributed by atoms with Crippen molar-refractivity contribution in [3.05, 3.63) is 0 Å². The number of nitrogens with zero attached hydrogens (tertiary/aromatic N) is 1. The molecule has 60 valence electrons. The van der Waals surface area contributed by atoms with E-state index in [1.165, 1.54) is 25.7 Å². The van der Waals surface area contributed by atoms with Crippen molar-refractivity contribution >= 4 is 0 Å². The first-order chi connectivity index (χ1) is 5.42. The van der Waals surface area contributed by atoms with Gasteiger partial charge in [-0.25, -0.2) is 0 Å². The lowest BCUT2D eigenvalue weighted by Gasteiger charge is -2.17. The average Bonchev–Trinajstić information content (AvgIpc) is 2.59. The molecule has 0 aliphatic carbocycles. The molecule has 2 aliphatic rings. The predicted molar refractivity (Wildman–Crippen MR) is 46.2 cm³/mol. The van der Waals surface area contributed by atoms with Crippen molar-refractivity contribution in [2.75, 3.05) is 6.54 Å². The predicted octanol–water partition coefficient (Wildman–Crippen LogP) is 1.64. The first-order valence-corrected chi connectivity index (χ1v) is 4.57. The lowest BCUT2D eigenvalue weighted by Crippen LogP contribution is -2.28. The Morgan fingerprint density at radius 3 is 2.18 bits per heavy atom. The Bertz CT molecular complexity index is 179. The number of rotatable bonds is 1. The molecule has 0 aromatic heterocycles. The third-order valence-corrected chi connectivity index (χ3v) is 3.04. The Balaban J connectivity index is 1.97. The minimum Gasteiger partial charge on any atom is -0.286 e. The van der Waals surface area contributed by atoms with Crippen LogP contribution in [-0.2, 0) is 0 Å². The smallest absolute Gasteiger partial charge is 0.0606 e. The summed E-state index contributed by atoms with van der Waals surface area (Å²) < 4.78 is 0. The fraction of sp³-hybridized carbons (Fsp3) is 0.800. The Morgan fingerprint density at radius 2 is 1.73 bits per heavy atom. The molecule has 0 spiro atoms. The van der Waals surface area contributed by atoms with Crippen LogP contribution in [0.15, 0.2) is 0 Å². The second-order valence-electron chi connectivity index (χ2n) is 3.56. The van der Waals surface area contributed by atoms with Crippen LogP contribution in [0.25, 0.3) is 0 Å². The largest absolute Gasteiger partial charge is 0.286 e. The molecule has 0 saturated carbocycles. The minimum atomic E-state index is 0.890. The second-order valence-corrected chi connectivity index (χ2v) is 3.56. The van der Waals surface area contributed by atoms with E-state index in [4.69, 9.17) is 0 Å². The molecule has 0 N–H and O–H groups in total. The highest BCUT2D eigenvalue weighted by atomic mass is 15.2. The molecular weight excluding hydrogens is 134 g/mol. The van der Waals surface area contributed by atoms with Crippen LogP contribution in [0.4, 0.5) is 0 Å². The zero-order valence-corrected chi connectivity index (χ0v) is 7.14. The quantitative estimate of drug-likeness (QED) is 0.512. The van der Waals surface area contributed by atoms with E-state index in [2.05, 4.69) is 16.7 Å². The van der Waals surface area contributed by atoms with Gasteiger partial charge in [0.05, 0.1) is 6.54 Å². The maximum atomic E-state index is 3.17. The summed E-state index contributed by atoms with van der Waals surface area (Å²) >= 11 is 0. The fourth-order valence-corrected chi connectivity index (χ4v) is 2.45. The van der Waals surface area contributed by atoms with Crippen molar-refractivity contribution in [3.63, 3.8) is 0 Å². The Morgan fingerprint density at radius 1 is 1.18 bits per heavy atom. The highest BCUT2D eigenvalue weighted by molar-refractivity contribution is 5.04. The molecule has 2 rings (SSSR count). The van der Waals surface area contributed by atoms with E-state index in [0.29, 0.717) is 0 Å². The van der Waals surface area contributed by atoms with Gasteiger partial charge in [-0.3, -0.25) is 4.90 Å². The molecule has 0 aromatic carbocycles. The van der Waals surface area contributed by atoms with E-state index in [1.807, 2.05) is 6.92 Å². The van der Waals surface area contributed by atoms with Crippen molar-refractivity contribution in [2.24, 2.45) is 0 Å². The molecule has 1 nitrogen and oxygen atoms in total. The molecule has 0 atom stereocenters. The zero-order valence-electron chi connectivity index (χ0n) is 7.14. The van der Waals surface area contributed by atoms with Crippen LogP contribution in [0.2, 0.25) is 0 Å². The topological polar surface area (TPSA) is 3.24 Å². The maximum Gasteiger partial charge on any atom is 0.0606 e. The molecule has 11 heavy (non-hydrogen) atoms. The van der Waals surface area contributed by atoms with Gasteiger partial charge in [0.25, 0.3) is 0 Å². The lowest BCUT2D eigenvalue weighted by atomic mass is 10.0. The van der Waals surface area contributed by atoms with Crippen molar-refractivity contribution in [2.45, 2.75) is 44.7 Å². The van der Waals surface area contributed by atoms with E-state index >= 15 is 0 Å². The molecule has 2 bridgehead atoms. The second kappa shape index (κ2) is 2.87. The number of fused-ring (bicyclic) bond motifs is 2. The third kappa shape index (κ3) is 1.16. The third-order valence-electron chi connectivity index (χ3n) is 3.04. The van der Waals surface area contributed by atoms with Gasteiger partial charge < -0.3 is 0 Å². The molecule has 1 heteroatoms. The molecule has 2 aliphatic heterocycles. The van der Waals surface area contributed by atoms with E-state index < -0.39 is 0 Å². The summed E-state index contributed by atoms with van der Waals surface area (Å²) in [5, 5.41) is 0. The van der Waals surface area contributed by atoms with E-state index in [-0.39, 0.29) is 0 Å². The molecule has 2 saturated heterocycles. The first kappa shape index (κ1) is 7.18. The van der Waals surface area contributed by atoms with Gasteiger partial charge in [-0.2, -0.15) is 0 Å². The van der Waals surface area contributed by atoms with Crippen LogP contribution in [0.5, 0.6) is 0 Å². The molecule has 0 unspecified atom stereocenters. The number of hydrogen-bond donors (Lipinski definition) is 0. The van der Waals surface area contributed by atoms with Gasteiger partial charge in [0, 0.05) is 12.1 Å². The van der Waals surface area contributed by atoms with Gasteiger partial charge >= 0.3 is 0 Å². The van der Waals surface area contributed by atoms with Gasteiger partial charge in [0.2, 0.25) is 0 Å². The Labute approximate surface area is 68.8 Å². The minimum absolute atomic E-state index is 0.890. The van der Waals surface area contributed by atoms with Gasteiger partial charge in [-0.05, 0) is 32.6 Å². The van der Waals surface area contributed by atoms with Crippen LogP contribution in [0.1, 0.15) is 32.6 Å². The van der Waals surface area contributed by atoms with Crippen molar-refractivity contribution in [3.8, 4) is 11.8 Å². The molecular formula is C10H15N. The standard InChI is InChI=1S/C10H15N/c1-2-3-8-11-9-4-5-10(11)7-6-9/h9-10H,4-8H2,1H3. The van der Waals surface area contributed by atoms with Crippen LogP contribution < -0.4 is 0 Å². The van der Waals surface area contributed by atoms with E-state index in [0.717, 1.165) is 18.6 Å². The van der Waals surface area contributed by atoms with Crippen molar-refractivity contribution in [1.82, 2.24) is 4.90 Å². The van der Waals surface area contributed by atoms with Gasteiger partial charge in [-0.1, -0.05) is 5.92 Å². The van der Waals surface area contributed by atoms with Crippen LogP contribution >= 0.6 is 0 Å². The summed E-state index contributed by atoms with van der Waals surface area (Å²) in [5.41, 5.74) is 0. The zero-order chi connectivity index (χ0) is 7.68. The highest BCUT2D eigenvalue weighted by Gasteiger charge is 2.38. The summed E-state index contributed by atoms with van der Waals surface area (Å²) in [6.45, 7) is 2.95. The average molecular weight is 149 g/mol. The summed E-state index contributed by atoms with van der Waals surface area (Å²) in [4.78, 5) is 2.59. The van der Waals surface area contributed by atoms with Crippen LogP contribution in [0, 0.1) is 11.8 Å². The molecule has 0 aromatic rings. The van der Waals surface area contributed by atoms with Gasteiger partial charge in [-0.15, -0.1) is 5.92 Å². The summed E-state index contributed by atoms with van der Waals surface area (Å²) in [6, 6.07) is 1.78. The lowest BCUT2D eigenvalue weighted by molar-refractivity contribution is 0.286. The first-order valence-electron chi connectivity index (χ1n) is 4.57. The van der Waals surface area contributed by atoms with Gasteiger partial charge in [0.15, 0.2) is 0 Å².